The van der Waals surface area contributed by atoms with E-state index in [2.05, 4.69) is 11.7 Å². The minimum Gasteiger partial charge on any atom is -0.481 e. The van der Waals surface area contributed by atoms with Crippen LogP contribution in [0.4, 0.5) is 4.79 Å². The second-order valence-electron chi connectivity index (χ2n) is 5.71. The molecule has 136 valence electrons. The number of amides is 1. The lowest BCUT2D eigenvalue weighted by Crippen LogP contribution is -2.12. The van der Waals surface area contributed by atoms with E-state index in [9.17, 15) is 9.59 Å². The molecule has 0 atom stereocenters. The number of carboxylic acid groups (broad SMARTS) is 1. The van der Waals surface area contributed by atoms with Gasteiger partial charge in [-0.05, 0) is 12.0 Å². The van der Waals surface area contributed by atoms with Crippen LogP contribution in [0.2, 0.25) is 0 Å². The van der Waals surface area contributed by atoms with Crippen LogP contribution in [-0.2, 0) is 16.1 Å². The molecule has 0 saturated heterocycles. The Hall–Kier alpha value is -2.04. The van der Waals surface area contributed by atoms with Gasteiger partial charge in [0.1, 0.15) is 6.61 Å². The zero-order valence-corrected chi connectivity index (χ0v) is 14.7. The minimum absolute atomic E-state index is 0.246. The van der Waals surface area contributed by atoms with Crippen molar-refractivity contribution in [1.82, 2.24) is 0 Å². The van der Waals surface area contributed by atoms with E-state index in [-0.39, 0.29) is 6.61 Å². The van der Waals surface area contributed by atoms with Crippen molar-refractivity contribution in [1.29, 1.82) is 0 Å². The molecule has 1 rings (SSSR count). The number of aliphatic carboxylic acids is 1. The van der Waals surface area contributed by atoms with E-state index >= 15 is 0 Å². The minimum atomic E-state index is -0.742. The Kier molecular flexibility index (Phi) is 14.5. The highest BCUT2D eigenvalue weighted by atomic mass is 16.5. The lowest BCUT2D eigenvalue weighted by molar-refractivity contribution is -0.137. The van der Waals surface area contributed by atoms with Crippen molar-refractivity contribution in [3.05, 3.63) is 35.9 Å². The Bertz CT molecular complexity index is 434. The Morgan fingerprint density at radius 2 is 1.50 bits per heavy atom. The lowest BCUT2D eigenvalue weighted by Gasteiger charge is -1.99. The summed E-state index contributed by atoms with van der Waals surface area (Å²) < 4.78 is 4.57. The second-order valence-corrected chi connectivity index (χ2v) is 5.71. The van der Waals surface area contributed by atoms with Crippen molar-refractivity contribution in [3.63, 3.8) is 0 Å². The van der Waals surface area contributed by atoms with Crippen LogP contribution in [-0.4, -0.2) is 17.2 Å². The first-order valence-electron chi connectivity index (χ1n) is 8.74. The van der Waals surface area contributed by atoms with Crippen LogP contribution < -0.4 is 5.73 Å². The third-order valence-electron chi connectivity index (χ3n) is 3.47. The SMILES string of the molecule is CCCCCCCCCCC(=O)O.NC(=O)OCc1ccccc1. The number of carboxylic acids is 1. The highest BCUT2D eigenvalue weighted by molar-refractivity contribution is 5.66. The maximum Gasteiger partial charge on any atom is 0.404 e. The summed E-state index contributed by atoms with van der Waals surface area (Å²) in [5.74, 6) is -0.661. The summed E-state index contributed by atoms with van der Waals surface area (Å²) in [6.07, 6.45) is 9.31. The van der Waals surface area contributed by atoms with Gasteiger partial charge in [-0.1, -0.05) is 82.2 Å². The number of unbranched alkanes of at least 4 members (excludes halogenated alkanes) is 7. The molecular weight excluding hydrogens is 306 g/mol. The monoisotopic (exact) mass is 337 g/mol. The standard InChI is InChI=1S/C11H22O2.C8H9NO2/c1-2-3-4-5-6-7-8-9-10-11(12)13;9-8(10)11-6-7-4-2-1-3-5-7/h2-10H2,1H3,(H,12,13);1-5H,6H2,(H2,9,10). The zero-order valence-electron chi connectivity index (χ0n) is 14.7. The first kappa shape index (κ1) is 22.0. The number of carbonyl (C=O) groups excluding carboxylic acids is 1. The molecule has 1 aromatic rings. The molecule has 3 N–H and O–H groups in total. The number of rotatable bonds is 11. The number of benzene rings is 1. The molecule has 0 aliphatic carbocycles. The molecule has 0 bridgehead atoms. The summed E-state index contributed by atoms with van der Waals surface area (Å²) in [7, 11) is 0. The number of carbonyl (C=O) groups is 2. The van der Waals surface area contributed by atoms with Gasteiger partial charge in [0.15, 0.2) is 0 Å². The van der Waals surface area contributed by atoms with Gasteiger partial charge < -0.3 is 15.6 Å². The van der Waals surface area contributed by atoms with Gasteiger partial charge in [-0.3, -0.25) is 4.79 Å². The quantitative estimate of drug-likeness (QED) is 0.563. The first-order chi connectivity index (χ1) is 11.6. The molecule has 1 aromatic carbocycles. The van der Waals surface area contributed by atoms with E-state index in [0.29, 0.717) is 6.42 Å². The summed E-state index contributed by atoms with van der Waals surface area (Å²) in [6.45, 7) is 2.46. The van der Waals surface area contributed by atoms with E-state index in [4.69, 9.17) is 10.8 Å². The number of ether oxygens (including phenoxy) is 1. The van der Waals surface area contributed by atoms with Crippen LogP contribution in [0.3, 0.4) is 0 Å². The largest absolute Gasteiger partial charge is 0.481 e. The van der Waals surface area contributed by atoms with E-state index < -0.39 is 12.1 Å². The van der Waals surface area contributed by atoms with Crippen LogP contribution in [0.5, 0.6) is 0 Å². The summed E-state index contributed by atoms with van der Waals surface area (Å²) >= 11 is 0. The number of primary amides is 1. The van der Waals surface area contributed by atoms with Gasteiger partial charge in [-0.2, -0.15) is 0 Å². The topological polar surface area (TPSA) is 89.6 Å². The molecule has 0 radical (unpaired) electrons. The Morgan fingerprint density at radius 1 is 0.958 bits per heavy atom. The molecule has 0 heterocycles. The van der Waals surface area contributed by atoms with Gasteiger partial charge in [0, 0.05) is 6.42 Å². The lowest BCUT2D eigenvalue weighted by atomic mass is 10.1. The maximum absolute atomic E-state index is 10.2. The molecule has 5 nitrogen and oxygen atoms in total. The fourth-order valence-electron chi connectivity index (χ4n) is 2.14. The second kappa shape index (κ2) is 15.8. The van der Waals surface area contributed by atoms with Crippen molar-refractivity contribution in [2.24, 2.45) is 5.73 Å². The average Bonchev–Trinajstić information content (AvgIpc) is 2.57. The van der Waals surface area contributed by atoms with Crippen molar-refractivity contribution in [2.75, 3.05) is 0 Å². The normalized spacial score (nSPS) is 9.71. The van der Waals surface area contributed by atoms with E-state index in [0.717, 1.165) is 18.4 Å². The van der Waals surface area contributed by atoms with E-state index in [1.165, 1.54) is 38.5 Å². The van der Waals surface area contributed by atoms with Crippen LogP contribution in [0.25, 0.3) is 0 Å². The molecule has 0 aromatic heterocycles. The third-order valence-corrected chi connectivity index (χ3v) is 3.47. The van der Waals surface area contributed by atoms with Gasteiger partial charge in [-0.15, -0.1) is 0 Å². The molecule has 0 spiro atoms. The van der Waals surface area contributed by atoms with E-state index in [1.807, 2.05) is 30.3 Å². The molecule has 5 heteroatoms. The Labute approximate surface area is 145 Å². The Balaban J connectivity index is 0.000000446. The van der Waals surface area contributed by atoms with Crippen LogP contribution in [0.1, 0.15) is 70.3 Å². The van der Waals surface area contributed by atoms with Gasteiger partial charge in [-0.25, -0.2) is 4.79 Å². The number of nitrogens with two attached hydrogens (primary N) is 1. The fourth-order valence-corrected chi connectivity index (χ4v) is 2.14. The van der Waals surface area contributed by atoms with Crippen molar-refractivity contribution < 1.29 is 19.4 Å². The molecule has 0 aliphatic heterocycles. The van der Waals surface area contributed by atoms with Crippen molar-refractivity contribution in [3.8, 4) is 0 Å². The molecule has 1 amide bonds. The van der Waals surface area contributed by atoms with Crippen LogP contribution in [0.15, 0.2) is 30.3 Å². The summed E-state index contributed by atoms with van der Waals surface area (Å²) in [6, 6.07) is 9.37. The molecule has 24 heavy (non-hydrogen) atoms. The summed E-state index contributed by atoms with van der Waals surface area (Å²) in [5.41, 5.74) is 5.72. The van der Waals surface area contributed by atoms with Crippen molar-refractivity contribution in [2.45, 2.75) is 71.3 Å². The number of hydrogen-bond acceptors (Lipinski definition) is 3. The maximum atomic E-state index is 10.2. The first-order valence-corrected chi connectivity index (χ1v) is 8.74. The molecule has 0 unspecified atom stereocenters. The Morgan fingerprint density at radius 3 is 2.00 bits per heavy atom. The predicted molar refractivity (Wildman–Crippen MR) is 95.7 cm³/mol. The van der Waals surface area contributed by atoms with Gasteiger partial charge in [0.05, 0.1) is 0 Å². The van der Waals surface area contributed by atoms with Crippen LogP contribution >= 0.6 is 0 Å². The zero-order chi connectivity index (χ0) is 18.0. The van der Waals surface area contributed by atoms with Gasteiger partial charge in [0.2, 0.25) is 0 Å². The van der Waals surface area contributed by atoms with Gasteiger partial charge >= 0.3 is 12.1 Å². The molecule has 0 saturated carbocycles. The van der Waals surface area contributed by atoms with Gasteiger partial charge in [0.25, 0.3) is 0 Å². The van der Waals surface area contributed by atoms with E-state index in [1.54, 1.807) is 0 Å². The summed E-state index contributed by atoms with van der Waals surface area (Å²) in [5, 5.41) is 8.39. The third kappa shape index (κ3) is 16.3. The average molecular weight is 337 g/mol. The highest BCUT2D eigenvalue weighted by Crippen LogP contribution is 2.09. The molecular formula is C19H31NO4. The van der Waals surface area contributed by atoms with Crippen LogP contribution in [0, 0.1) is 0 Å². The smallest absolute Gasteiger partial charge is 0.404 e. The molecule has 0 aliphatic rings. The predicted octanol–water partition coefficient (Wildman–Crippen LogP) is 4.88. The van der Waals surface area contributed by atoms with Crippen molar-refractivity contribution >= 4 is 12.1 Å². The molecule has 0 fully saturated rings. The summed E-state index contributed by atoms with van der Waals surface area (Å²) in [4.78, 5) is 20.3. The fraction of sp³-hybridized carbons (Fsp3) is 0.579. The highest BCUT2D eigenvalue weighted by Gasteiger charge is 1.96. The number of hydrogen-bond donors (Lipinski definition) is 2.